The van der Waals surface area contributed by atoms with Gasteiger partial charge in [-0.25, -0.2) is 0 Å². The van der Waals surface area contributed by atoms with Crippen molar-refractivity contribution in [3.05, 3.63) is 209 Å². The van der Waals surface area contributed by atoms with E-state index in [1.807, 2.05) is 6.07 Å². The third-order valence-electron chi connectivity index (χ3n) is 15.9. The van der Waals surface area contributed by atoms with Crippen molar-refractivity contribution >= 4 is 60.9 Å². The van der Waals surface area contributed by atoms with Crippen molar-refractivity contribution in [1.82, 2.24) is 0 Å². The van der Waals surface area contributed by atoms with Crippen LogP contribution in [0.15, 0.2) is 185 Å². The van der Waals surface area contributed by atoms with Crippen LogP contribution in [0.1, 0.15) is 74.9 Å². The summed E-state index contributed by atoms with van der Waals surface area (Å²) in [4.78, 5) is 2.51. The second-order valence-corrected chi connectivity index (χ2v) is 20.4. The summed E-state index contributed by atoms with van der Waals surface area (Å²) in [7, 11) is 0. The highest BCUT2D eigenvalue weighted by Crippen LogP contribution is 2.56. The molecule has 9 aromatic carbocycles. The van der Waals surface area contributed by atoms with Crippen molar-refractivity contribution in [1.29, 1.82) is 0 Å². The average molecular weight is 850 g/mol. The molecule has 0 aliphatic heterocycles. The van der Waals surface area contributed by atoms with Crippen molar-refractivity contribution in [2.24, 2.45) is 0 Å². The number of hydrogen-bond donors (Lipinski definition) is 0. The van der Waals surface area contributed by atoms with Crippen LogP contribution in [0.3, 0.4) is 0 Å². The normalized spacial score (nSPS) is 15.5. The maximum absolute atomic E-state index is 7.29. The minimum atomic E-state index is -0.188. The van der Waals surface area contributed by atoms with E-state index < -0.39 is 0 Å². The summed E-state index contributed by atoms with van der Waals surface area (Å²) in [5.74, 6) is 0. The second kappa shape index (κ2) is 12.8. The number of anilines is 3. The Hall–Kier alpha value is -7.62. The van der Waals surface area contributed by atoms with Crippen molar-refractivity contribution in [3.63, 3.8) is 0 Å². The molecular weight excluding hydrogens is 803 g/mol. The van der Waals surface area contributed by atoms with E-state index in [2.05, 4.69) is 216 Å². The standard InChI is InChI=1S/C63H47NO2/c1-61(2)47-19-11-7-15-39(47)42-26-23-36(33-50(42)61)57-53(30-29-46-59-56(66-60(46)57)32-31-55-58(59)45-18-10-14-22-54(45)65-55)64(37-24-27-43-40-16-8-12-20-48(40)62(3,4)51(43)34-37)38-25-28-44-41-17-9-13-21-49(41)63(5,6)52(44)35-38/h7-35H,1-6H3. The van der Waals surface area contributed by atoms with Gasteiger partial charge >= 0.3 is 0 Å². The smallest absolute Gasteiger partial charge is 0.145 e. The molecular formula is C63H47NO2. The van der Waals surface area contributed by atoms with Crippen LogP contribution < -0.4 is 4.90 Å². The third kappa shape index (κ3) is 4.82. The minimum absolute atomic E-state index is 0.181. The lowest BCUT2D eigenvalue weighted by atomic mass is 9.81. The first-order valence-corrected chi connectivity index (χ1v) is 23.3. The van der Waals surface area contributed by atoms with E-state index in [-0.39, 0.29) is 16.2 Å². The molecule has 0 atom stereocenters. The Morgan fingerprint density at radius 1 is 0.348 bits per heavy atom. The lowest BCUT2D eigenvalue weighted by molar-refractivity contribution is 0.659. The van der Waals surface area contributed by atoms with Gasteiger partial charge in [0.25, 0.3) is 0 Å². The highest BCUT2D eigenvalue weighted by atomic mass is 16.3. The van der Waals surface area contributed by atoms with Crippen molar-refractivity contribution in [2.45, 2.75) is 57.8 Å². The van der Waals surface area contributed by atoms with Crippen LogP contribution in [0.25, 0.3) is 88.4 Å². The molecule has 2 heterocycles. The molecule has 2 aromatic heterocycles. The molecule has 3 aliphatic rings. The summed E-state index contributed by atoms with van der Waals surface area (Å²) in [6, 6.07) is 65.3. The molecule has 66 heavy (non-hydrogen) atoms. The zero-order valence-electron chi connectivity index (χ0n) is 38.0. The summed E-state index contributed by atoms with van der Waals surface area (Å²) in [6.45, 7) is 14.2. The molecule has 14 rings (SSSR count). The molecule has 0 saturated heterocycles. The van der Waals surface area contributed by atoms with Crippen LogP contribution >= 0.6 is 0 Å². The van der Waals surface area contributed by atoms with E-state index in [4.69, 9.17) is 8.83 Å². The SMILES string of the molecule is CC1(C)c2ccccc2-c2ccc(-c3c(N(c4ccc5c(c4)C(C)(C)c4ccccc4-5)c4ccc5c(c4)C(C)(C)c4ccccc4-5)ccc4c3oc3ccc5oc6ccccc6c5c34)cc21. The minimum Gasteiger partial charge on any atom is -0.456 e. The van der Waals surface area contributed by atoms with Gasteiger partial charge in [-0.15, -0.1) is 0 Å². The molecule has 0 radical (unpaired) electrons. The van der Waals surface area contributed by atoms with Crippen LogP contribution in [0.2, 0.25) is 0 Å². The number of rotatable bonds is 4. The van der Waals surface area contributed by atoms with Gasteiger partial charge < -0.3 is 13.7 Å². The van der Waals surface area contributed by atoms with Gasteiger partial charge in [-0.05, 0) is 133 Å². The predicted octanol–water partition coefficient (Wildman–Crippen LogP) is 17.5. The van der Waals surface area contributed by atoms with Crippen LogP contribution in [0.4, 0.5) is 17.1 Å². The maximum Gasteiger partial charge on any atom is 0.145 e. The number of nitrogens with zero attached hydrogens (tertiary/aromatic N) is 1. The van der Waals surface area contributed by atoms with Crippen LogP contribution in [0, 0.1) is 0 Å². The Morgan fingerprint density at radius 3 is 1.38 bits per heavy atom. The summed E-state index contributed by atoms with van der Waals surface area (Å²) >= 11 is 0. The Balaban J connectivity index is 1.09. The molecule has 0 N–H and O–H groups in total. The molecule has 3 heteroatoms. The molecule has 0 unspecified atom stereocenters. The quantitative estimate of drug-likeness (QED) is 0.177. The van der Waals surface area contributed by atoms with Gasteiger partial charge in [0.2, 0.25) is 0 Å². The van der Waals surface area contributed by atoms with E-state index in [9.17, 15) is 0 Å². The van der Waals surface area contributed by atoms with Crippen LogP contribution in [-0.2, 0) is 16.2 Å². The first-order chi connectivity index (χ1) is 32.0. The Labute approximate surface area is 384 Å². The molecule has 0 spiro atoms. The summed E-state index contributed by atoms with van der Waals surface area (Å²) in [6.07, 6.45) is 0. The van der Waals surface area contributed by atoms with Gasteiger partial charge in [-0.2, -0.15) is 0 Å². The van der Waals surface area contributed by atoms with E-state index in [1.165, 1.54) is 66.8 Å². The first-order valence-electron chi connectivity index (χ1n) is 23.3. The van der Waals surface area contributed by atoms with Gasteiger partial charge in [0.15, 0.2) is 0 Å². The van der Waals surface area contributed by atoms with Crippen molar-refractivity contribution in [3.8, 4) is 44.5 Å². The van der Waals surface area contributed by atoms with Crippen molar-refractivity contribution < 1.29 is 8.83 Å². The van der Waals surface area contributed by atoms with Gasteiger partial charge in [0.1, 0.15) is 22.3 Å². The topological polar surface area (TPSA) is 29.5 Å². The zero-order valence-corrected chi connectivity index (χ0v) is 38.0. The third-order valence-corrected chi connectivity index (χ3v) is 15.9. The van der Waals surface area contributed by atoms with Gasteiger partial charge in [0.05, 0.1) is 5.69 Å². The number of benzene rings is 9. The van der Waals surface area contributed by atoms with Gasteiger partial charge in [0, 0.05) is 54.7 Å². The second-order valence-electron chi connectivity index (χ2n) is 20.4. The molecule has 316 valence electrons. The predicted molar refractivity (Wildman–Crippen MR) is 274 cm³/mol. The number of fused-ring (bicyclic) bond motifs is 16. The maximum atomic E-state index is 7.29. The fourth-order valence-corrected chi connectivity index (χ4v) is 12.6. The molecule has 3 aliphatic carbocycles. The highest BCUT2D eigenvalue weighted by Gasteiger charge is 2.39. The molecule has 0 amide bonds. The monoisotopic (exact) mass is 849 g/mol. The summed E-state index contributed by atoms with van der Waals surface area (Å²) in [5, 5.41) is 4.33. The number of para-hydroxylation sites is 1. The van der Waals surface area contributed by atoms with Gasteiger partial charge in [-0.1, -0.05) is 157 Å². The fourth-order valence-electron chi connectivity index (χ4n) is 12.6. The Kier molecular flexibility index (Phi) is 7.32. The Bertz CT molecular complexity index is 3820. The molecule has 0 bridgehead atoms. The fraction of sp³-hybridized carbons (Fsp3) is 0.143. The van der Waals surface area contributed by atoms with Crippen LogP contribution in [0.5, 0.6) is 0 Å². The van der Waals surface area contributed by atoms with Crippen LogP contribution in [-0.4, -0.2) is 0 Å². The van der Waals surface area contributed by atoms with E-state index in [0.29, 0.717) is 0 Å². The van der Waals surface area contributed by atoms with E-state index in [0.717, 1.165) is 72.1 Å². The first kappa shape index (κ1) is 37.7. The molecule has 3 nitrogen and oxygen atoms in total. The van der Waals surface area contributed by atoms with E-state index >= 15 is 0 Å². The highest BCUT2D eigenvalue weighted by molar-refractivity contribution is 6.27. The number of furan rings is 2. The zero-order chi connectivity index (χ0) is 44.4. The van der Waals surface area contributed by atoms with E-state index in [1.54, 1.807) is 0 Å². The van der Waals surface area contributed by atoms with Gasteiger partial charge in [-0.3, -0.25) is 0 Å². The number of hydrogen-bond acceptors (Lipinski definition) is 3. The van der Waals surface area contributed by atoms with Crippen molar-refractivity contribution in [2.75, 3.05) is 4.90 Å². The summed E-state index contributed by atoms with van der Waals surface area (Å²) in [5.41, 5.74) is 24.3. The average Bonchev–Trinajstić information content (AvgIpc) is 4.08. The molecule has 0 saturated carbocycles. The molecule has 11 aromatic rings. The summed E-state index contributed by atoms with van der Waals surface area (Å²) < 4.78 is 13.8. The largest absolute Gasteiger partial charge is 0.456 e. The lowest BCUT2D eigenvalue weighted by Gasteiger charge is -2.31. The Morgan fingerprint density at radius 2 is 0.803 bits per heavy atom. The lowest BCUT2D eigenvalue weighted by Crippen LogP contribution is -2.18. The molecule has 0 fully saturated rings.